The van der Waals surface area contributed by atoms with Crippen molar-refractivity contribution in [2.45, 2.75) is 32.1 Å². The van der Waals surface area contributed by atoms with Gasteiger partial charge in [-0.3, -0.25) is 4.79 Å². The summed E-state index contributed by atoms with van der Waals surface area (Å²) in [6.07, 6.45) is 5.05. The van der Waals surface area contributed by atoms with E-state index < -0.39 is 5.97 Å². The monoisotopic (exact) mass is 240 g/mol. The van der Waals surface area contributed by atoms with Gasteiger partial charge in [0.15, 0.2) is 0 Å². The van der Waals surface area contributed by atoms with Crippen molar-refractivity contribution in [1.29, 1.82) is 0 Å². The Morgan fingerprint density at radius 1 is 1.18 bits per heavy atom. The predicted octanol–water partition coefficient (Wildman–Crippen LogP) is 1.29. The molecule has 0 aromatic heterocycles. The summed E-state index contributed by atoms with van der Waals surface area (Å²) in [4.78, 5) is 24.0. The average molecular weight is 240 g/mol. The Balaban J connectivity index is 1.75. The fourth-order valence-electron chi connectivity index (χ4n) is 2.96. The molecule has 2 amide bonds. The Bertz CT molecular complexity index is 292. The van der Waals surface area contributed by atoms with Crippen LogP contribution in [0.25, 0.3) is 0 Å². The lowest BCUT2D eigenvalue weighted by atomic mass is 9.82. The second-order valence-electron chi connectivity index (χ2n) is 5.09. The van der Waals surface area contributed by atoms with Crippen LogP contribution in [0.1, 0.15) is 32.1 Å². The van der Waals surface area contributed by atoms with Crippen LogP contribution in [-0.4, -0.2) is 41.6 Å². The quantitative estimate of drug-likeness (QED) is 0.781. The first-order valence-corrected chi connectivity index (χ1v) is 6.41. The van der Waals surface area contributed by atoms with Crippen molar-refractivity contribution >= 4 is 12.0 Å². The van der Waals surface area contributed by atoms with E-state index >= 15 is 0 Å². The molecule has 1 saturated heterocycles. The molecule has 5 heteroatoms. The van der Waals surface area contributed by atoms with Crippen molar-refractivity contribution in [3.63, 3.8) is 0 Å². The van der Waals surface area contributed by atoms with Gasteiger partial charge in [0.1, 0.15) is 0 Å². The molecule has 0 aromatic carbocycles. The summed E-state index contributed by atoms with van der Waals surface area (Å²) < 4.78 is 0. The Morgan fingerprint density at radius 3 is 2.29 bits per heavy atom. The maximum absolute atomic E-state index is 11.8. The van der Waals surface area contributed by atoms with Gasteiger partial charge < -0.3 is 15.3 Å². The smallest absolute Gasteiger partial charge is 0.317 e. The highest BCUT2D eigenvalue weighted by Gasteiger charge is 2.36. The van der Waals surface area contributed by atoms with Gasteiger partial charge in [0.25, 0.3) is 0 Å². The second kappa shape index (κ2) is 5.38. The van der Waals surface area contributed by atoms with Crippen molar-refractivity contribution in [1.82, 2.24) is 10.2 Å². The summed E-state index contributed by atoms with van der Waals surface area (Å²) in [5, 5.41) is 11.2. The van der Waals surface area contributed by atoms with Gasteiger partial charge in [0, 0.05) is 19.6 Å². The van der Waals surface area contributed by atoms with Crippen LogP contribution in [0.2, 0.25) is 0 Å². The molecular formula is C12H20N2O3. The predicted molar refractivity (Wildman–Crippen MR) is 62.7 cm³/mol. The van der Waals surface area contributed by atoms with Crippen molar-refractivity contribution in [3.05, 3.63) is 0 Å². The zero-order valence-electron chi connectivity index (χ0n) is 10.0. The van der Waals surface area contributed by atoms with E-state index in [1.165, 1.54) is 25.7 Å². The number of amides is 2. The summed E-state index contributed by atoms with van der Waals surface area (Å²) in [6, 6.07) is -0.0966. The highest BCUT2D eigenvalue weighted by molar-refractivity contribution is 5.75. The molecule has 0 aromatic rings. The third-order valence-electron chi connectivity index (χ3n) is 3.88. The normalized spacial score (nSPS) is 27.6. The number of nitrogens with one attached hydrogen (secondary N) is 1. The molecule has 2 aliphatic rings. The summed E-state index contributed by atoms with van der Waals surface area (Å²) >= 11 is 0. The van der Waals surface area contributed by atoms with Gasteiger partial charge in [-0.05, 0) is 24.7 Å². The van der Waals surface area contributed by atoms with E-state index in [2.05, 4.69) is 5.32 Å². The average Bonchev–Trinajstić information content (AvgIpc) is 2.71. The first-order valence-electron chi connectivity index (χ1n) is 6.41. The Morgan fingerprint density at radius 2 is 1.76 bits per heavy atom. The third kappa shape index (κ3) is 3.11. The van der Waals surface area contributed by atoms with Gasteiger partial charge in [-0.1, -0.05) is 12.8 Å². The van der Waals surface area contributed by atoms with Crippen LogP contribution in [0.3, 0.4) is 0 Å². The number of carbonyl (C=O) groups is 2. The number of hydrogen-bond acceptors (Lipinski definition) is 2. The summed E-state index contributed by atoms with van der Waals surface area (Å²) in [6.45, 7) is 1.92. The Labute approximate surface area is 101 Å². The maximum atomic E-state index is 11.8. The van der Waals surface area contributed by atoms with Crippen LogP contribution in [0, 0.1) is 11.8 Å². The fourth-order valence-corrected chi connectivity index (χ4v) is 2.96. The fraction of sp³-hybridized carbons (Fsp3) is 0.833. The second-order valence-corrected chi connectivity index (χ2v) is 5.09. The van der Waals surface area contributed by atoms with Gasteiger partial charge in [0.05, 0.1) is 6.42 Å². The number of rotatable bonds is 3. The van der Waals surface area contributed by atoms with Crippen molar-refractivity contribution < 1.29 is 14.7 Å². The molecule has 0 bridgehead atoms. The SMILES string of the molecule is O=C(O)CCNC(=O)N1C[C@H]2CCCC[C@H]2C1. The summed E-state index contributed by atoms with van der Waals surface area (Å²) in [7, 11) is 0. The van der Waals surface area contributed by atoms with E-state index in [-0.39, 0.29) is 19.0 Å². The number of urea groups is 1. The van der Waals surface area contributed by atoms with E-state index in [1.54, 1.807) is 0 Å². The van der Waals surface area contributed by atoms with Crippen LogP contribution in [-0.2, 0) is 4.79 Å². The zero-order chi connectivity index (χ0) is 12.3. The number of nitrogens with zero attached hydrogens (tertiary/aromatic N) is 1. The zero-order valence-corrected chi connectivity index (χ0v) is 10.0. The minimum absolute atomic E-state index is 0.00750. The highest BCUT2D eigenvalue weighted by atomic mass is 16.4. The molecule has 2 fully saturated rings. The van der Waals surface area contributed by atoms with Crippen LogP contribution < -0.4 is 5.32 Å². The molecule has 2 N–H and O–H groups in total. The molecule has 17 heavy (non-hydrogen) atoms. The number of fused-ring (bicyclic) bond motifs is 1. The van der Waals surface area contributed by atoms with Gasteiger partial charge >= 0.3 is 12.0 Å². The first-order chi connectivity index (χ1) is 8.16. The Hall–Kier alpha value is -1.26. The molecule has 1 aliphatic heterocycles. The van der Waals surface area contributed by atoms with Crippen LogP contribution in [0.15, 0.2) is 0 Å². The lowest BCUT2D eigenvalue weighted by Crippen LogP contribution is -2.39. The minimum Gasteiger partial charge on any atom is -0.481 e. The number of likely N-dealkylation sites (tertiary alicyclic amines) is 1. The third-order valence-corrected chi connectivity index (χ3v) is 3.88. The van der Waals surface area contributed by atoms with Gasteiger partial charge in [-0.25, -0.2) is 4.79 Å². The van der Waals surface area contributed by atoms with Crippen molar-refractivity contribution in [2.24, 2.45) is 11.8 Å². The molecule has 0 radical (unpaired) electrons. The first kappa shape index (κ1) is 12.2. The van der Waals surface area contributed by atoms with E-state index in [9.17, 15) is 9.59 Å². The lowest BCUT2D eigenvalue weighted by molar-refractivity contribution is -0.136. The van der Waals surface area contributed by atoms with E-state index in [0.717, 1.165) is 13.1 Å². The van der Waals surface area contributed by atoms with Crippen LogP contribution in [0.4, 0.5) is 4.79 Å². The number of hydrogen-bond donors (Lipinski definition) is 2. The lowest BCUT2D eigenvalue weighted by Gasteiger charge is -2.22. The van der Waals surface area contributed by atoms with E-state index in [1.807, 2.05) is 4.90 Å². The maximum Gasteiger partial charge on any atom is 0.317 e. The van der Waals surface area contributed by atoms with E-state index in [4.69, 9.17) is 5.11 Å². The molecule has 2 rings (SSSR count). The number of carboxylic acid groups (broad SMARTS) is 1. The van der Waals surface area contributed by atoms with Gasteiger partial charge in [-0.2, -0.15) is 0 Å². The Kier molecular flexibility index (Phi) is 3.86. The molecule has 96 valence electrons. The van der Waals surface area contributed by atoms with Gasteiger partial charge in [-0.15, -0.1) is 0 Å². The minimum atomic E-state index is -0.875. The standard InChI is InChI=1S/C12H20N2O3/c15-11(16)5-6-13-12(17)14-7-9-3-1-2-4-10(9)8-14/h9-10H,1-8H2,(H,13,17)(H,15,16)/t9-,10+. The molecular weight excluding hydrogens is 220 g/mol. The molecule has 1 heterocycles. The van der Waals surface area contributed by atoms with Crippen LogP contribution >= 0.6 is 0 Å². The van der Waals surface area contributed by atoms with Crippen molar-refractivity contribution in [2.75, 3.05) is 19.6 Å². The summed E-state index contributed by atoms with van der Waals surface area (Å²) in [5.74, 6) is 0.475. The molecule has 0 spiro atoms. The van der Waals surface area contributed by atoms with E-state index in [0.29, 0.717) is 11.8 Å². The molecule has 5 nitrogen and oxygen atoms in total. The molecule has 0 unspecified atom stereocenters. The number of aliphatic carboxylic acids is 1. The molecule has 1 aliphatic carbocycles. The highest BCUT2D eigenvalue weighted by Crippen LogP contribution is 2.35. The molecule has 1 saturated carbocycles. The summed E-state index contributed by atoms with van der Waals surface area (Å²) in [5.41, 5.74) is 0. The topological polar surface area (TPSA) is 69.6 Å². The largest absolute Gasteiger partial charge is 0.481 e. The number of carbonyl (C=O) groups excluding carboxylic acids is 1. The van der Waals surface area contributed by atoms with Gasteiger partial charge in [0.2, 0.25) is 0 Å². The van der Waals surface area contributed by atoms with Crippen molar-refractivity contribution in [3.8, 4) is 0 Å². The number of carboxylic acids is 1. The van der Waals surface area contributed by atoms with Crippen LogP contribution in [0.5, 0.6) is 0 Å². The molecule has 2 atom stereocenters.